The van der Waals surface area contributed by atoms with Crippen LogP contribution in [0.3, 0.4) is 0 Å². The van der Waals surface area contributed by atoms with Crippen LogP contribution in [0.2, 0.25) is 0 Å². The van der Waals surface area contributed by atoms with Crippen molar-refractivity contribution in [3.8, 4) is 11.5 Å². The summed E-state index contributed by atoms with van der Waals surface area (Å²) >= 11 is 1.32. The Morgan fingerprint density at radius 1 is 1.13 bits per heavy atom. The van der Waals surface area contributed by atoms with Crippen molar-refractivity contribution < 1.29 is 26.7 Å². The minimum atomic E-state index is -3.62. The van der Waals surface area contributed by atoms with Gasteiger partial charge in [-0.1, -0.05) is 31.7 Å². The van der Waals surface area contributed by atoms with Gasteiger partial charge in [0.15, 0.2) is 22.3 Å². The molecule has 12 heteroatoms. The van der Waals surface area contributed by atoms with Gasteiger partial charge >= 0.3 is 6.61 Å². The smallest absolute Gasteiger partial charge is 0.387 e. The van der Waals surface area contributed by atoms with Crippen molar-refractivity contribution in [3.05, 3.63) is 42.1 Å². The molecule has 2 aromatic heterocycles. The van der Waals surface area contributed by atoms with E-state index in [0.29, 0.717) is 29.6 Å². The monoisotopic (exact) mass is 472 g/mol. The summed E-state index contributed by atoms with van der Waals surface area (Å²) in [5, 5.41) is 8.70. The lowest BCUT2D eigenvalue weighted by atomic mass is 10.2. The van der Waals surface area contributed by atoms with E-state index in [-0.39, 0.29) is 16.4 Å². The van der Waals surface area contributed by atoms with Crippen LogP contribution in [0.25, 0.3) is 5.65 Å². The quantitative estimate of drug-likeness (QED) is 0.416. The van der Waals surface area contributed by atoms with Crippen LogP contribution in [0.1, 0.15) is 19.4 Å². The number of hydrogen-bond acceptors (Lipinski definition) is 7. The van der Waals surface area contributed by atoms with Crippen LogP contribution < -0.4 is 9.47 Å². The summed E-state index contributed by atoms with van der Waals surface area (Å²) in [7, 11) is -2.25. The third kappa shape index (κ3) is 5.08. The molecule has 31 heavy (non-hydrogen) atoms. The van der Waals surface area contributed by atoms with E-state index in [4.69, 9.17) is 4.74 Å². The summed E-state index contributed by atoms with van der Waals surface area (Å²) in [4.78, 5) is 0.153. The molecule has 0 bridgehead atoms. The summed E-state index contributed by atoms with van der Waals surface area (Å²) in [5.41, 5.74) is 1.30. The van der Waals surface area contributed by atoms with E-state index < -0.39 is 16.6 Å². The molecule has 0 unspecified atom stereocenters. The molecule has 0 aliphatic carbocycles. The Balaban J connectivity index is 1.84. The highest BCUT2D eigenvalue weighted by Gasteiger charge is 2.23. The van der Waals surface area contributed by atoms with Gasteiger partial charge in [0, 0.05) is 25.0 Å². The summed E-state index contributed by atoms with van der Waals surface area (Å²) in [6, 6.07) is 7.78. The fourth-order valence-electron chi connectivity index (χ4n) is 2.96. The first-order valence-corrected chi connectivity index (χ1v) is 11.8. The molecule has 3 rings (SSSR count). The number of rotatable bonds is 10. The normalized spacial score (nSPS) is 12.1. The molecular weight excluding hydrogens is 450 g/mol. The van der Waals surface area contributed by atoms with Crippen LogP contribution in [-0.4, -0.2) is 54.1 Å². The standard InChI is InChI=1S/C19H22F2N4O4S2/c1-4-24(5-2)31(26,27)14-7-9-17-22-23-19(25(17)11-14)30-12-13-6-8-15(29-18(20)21)16(10-13)28-3/h6-11,18H,4-5,12H2,1-3H3. The Labute approximate surface area is 183 Å². The van der Waals surface area contributed by atoms with Crippen LogP contribution in [-0.2, 0) is 15.8 Å². The lowest BCUT2D eigenvalue weighted by molar-refractivity contribution is -0.0512. The predicted molar refractivity (Wildman–Crippen MR) is 112 cm³/mol. The molecule has 8 nitrogen and oxygen atoms in total. The highest BCUT2D eigenvalue weighted by atomic mass is 32.2. The van der Waals surface area contributed by atoms with Gasteiger partial charge in [-0.25, -0.2) is 8.42 Å². The number of alkyl halides is 2. The van der Waals surface area contributed by atoms with Crippen LogP contribution in [0, 0.1) is 0 Å². The first-order valence-electron chi connectivity index (χ1n) is 9.39. The second-order valence-corrected chi connectivity index (χ2v) is 9.20. The Morgan fingerprint density at radius 2 is 1.87 bits per heavy atom. The van der Waals surface area contributed by atoms with Gasteiger partial charge < -0.3 is 9.47 Å². The van der Waals surface area contributed by atoms with Crippen molar-refractivity contribution in [1.82, 2.24) is 18.9 Å². The molecule has 0 N–H and O–H groups in total. The van der Waals surface area contributed by atoms with E-state index in [1.807, 2.05) is 0 Å². The number of ether oxygens (including phenoxy) is 2. The number of thioether (sulfide) groups is 1. The van der Waals surface area contributed by atoms with Gasteiger partial charge in [0.05, 0.1) is 12.0 Å². The number of fused-ring (bicyclic) bond motifs is 1. The minimum Gasteiger partial charge on any atom is -0.493 e. The molecule has 2 heterocycles. The molecule has 1 aromatic carbocycles. The Hall–Kier alpha value is -2.44. The summed E-state index contributed by atoms with van der Waals surface area (Å²) in [6.45, 7) is 1.36. The van der Waals surface area contributed by atoms with Crippen molar-refractivity contribution in [3.63, 3.8) is 0 Å². The second-order valence-electron chi connectivity index (χ2n) is 6.32. The van der Waals surface area contributed by atoms with E-state index in [0.717, 1.165) is 5.56 Å². The number of halogens is 2. The molecule has 0 saturated carbocycles. The molecule has 0 radical (unpaired) electrons. The van der Waals surface area contributed by atoms with Gasteiger partial charge in [-0.3, -0.25) is 4.40 Å². The molecule has 0 aliphatic rings. The molecule has 0 aliphatic heterocycles. The van der Waals surface area contributed by atoms with Gasteiger partial charge in [0.25, 0.3) is 0 Å². The maximum Gasteiger partial charge on any atom is 0.387 e. The highest BCUT2D eigenvalue weighted by Crippen LogP contribution is 2.32. The van der Waals surface area contributed by atoms with Gasteiger partial charge in [0.1, 0.15) is 0 Å². The second kappa shape index (κ2) is 9.79. The third-order valence-electron chi connectivity index (χ3n) is 4.50. The Bertz CT molecular complexity index is 1150. The number of benzene rings is 1. The third-order valence-corrected chi connectivity index (χ3v) is 7.55. The summed E-state index contributed by atoms with van der Waals surface area (Å²) in [6.07, 6.45) is 1.51. The van der Waals surface area contributed by atoms with Gasteiger partial charge in [-0.05, 0) is 29.8 Å². The van der Waals surface area contributed by atoms with Gasteiger partial charge in [-0.15, -0.1) is 10.2 Å². The molecular formula is C19H22F2N4O4S2. The van der Waals surface area contributed by atoms with E-state index in [1.165, 1.54) is 41.5 Å². The number of hydrogen-bond donors (Lipinski definition) is 0. The molecule has 0 fully saturated rings. The number of nitrogens with zero attached hydrogens (tertiary/aromatic N) is 4. The fourth-order valence-corrected chi connectivity index (χ4v) is 5.27. The van der Waals surface area contributed by atoms with Crippen LogP contribution >= 0.6 is 11.8 Å². The molecule has 168 valence electrons. The van der Waals surface area contributed by atoms with Crippen molar-refractivity contribution in [1.29, 1.82) is 0 Å². The number of methoxy groups -OCH3 is 1. The summed E-state index contributed by atoms with van der Waals surface area (Å²) in [5.74, 6) is 0.571. The van der Waals surface area contributed by atoms with Crippen molar-refractivity contribution in [2.24, 2.45) is 0 Å². The lowest BCUT2D eigenvalue weighted by Crippen LogP contribution is -2.30. The van der Waals surface area contributed by atoms with E-state index in [9.17, 15) is 17.2 Å². The number of pyridine rings is 1. The molecule has 0 spiro atoms. The van der Waals surface area contributed by atoms with Crippen LogP contribution in [0.5, 0.6) is 11.5 Å². The van der Waals surface area contributed by atoms with Crippen molar-refractivity contribution >= 4 is 27.4 Å². The molecule has 0 saturated heterocycles. The SMILES string of the molecule is CCN(CC)S(=O)(=O)c1ccc2nnc(SCc3ccc(OC(F)F)c(OC)c3)n2c1. The van der Waals surface area contributed by atoms with Crippen LogP contribution in [0.4, 0.5) is 8.78 Å². The van der Waals surface area contributed by atoms with E-state index in [1.54, 1.807) is 36.4 Å². The van der Waals surface area contributed by atoms with E-state index in [2.05, 4.69) is 14.9 Å². The highest BCUT2D eigenvalue weighted by molar-refractivity contribution is 7.98. The van der Waals surface area contributed by atoms with Crippen LogP contribution in [0.15, 0.2) is 46.6 Å². The lowest BCUT2D eigenvalue weighted by Gasteiger charge is -2.18. The first-order chi connectivity index (χ1) is 14.8. The zero-order valence-corrected chi connectivity index (χ0v) is 18.8. The summed E-state index contributed by atoms with van der Waals surface area (Å²) < 4.78 is 63.1. The zero-order chi connectivity index (χ0) is 22.6. The number of aromatic nitrogens is 3. The van der Waals surface area contributed by atoms with E-state index >= 15 is 0 Å². The van der Waals surface area contributed by atoms with Crippen molar-refractivity contribution in [2.75, 3.05) is 20.2 Å². The molecule has 0 atom stereocenters. The molecule has 0 amide bonds. The number of sulfonamides is 1. The molecule has 3 aromatic rings. The topological polar surface area (TPSA) is 86.0 Å². The predicted octanol–water partition coefficient (Wildman–Crippen LogP) is 3.66. The largest absolute Gasteiger partial charge is 0.493 e. The Kier molecular flexibility index (Phi) is 7.34. The maximum absolute atomic E-state index is 12.8. The average Bonchev–Trinajstić information content (AvgIpc) is 3.15. The first kappa shape index (κ1) is 23.2. The maximum atomic E-state index is 12.8. The van der Waals surface area contributed by atoms with Gasteiger partial charge in [-0.2, -0.15) is 13.1 Å². The van der Waals surface area contributed by atoms with Crippen molar-refractivity contribution in [2.45, 2.75) is 36.3 Å². The van der Waals surface area contributed by atoms with Gasteiger partial charge in [0.2, 0.25) is 10.0 Å². The zero-order valence-electron chi connectivity index (χ0n) is 17.2. The fraction of sp³-hybridized carbons (Fsp3) is 0.368. The minimum absolute atomic E-state index is 0.0505. The Morgan fingerprint density at radius 3 is 2.52 bits per heavy atom. The average molecular weight is 473 g/mol.